The highest BCUT2D eigenvalue weighted by Crippen LogP contribution is 2.31. The maximum Gasteiger partial charge on any atom is 0.160 e. The molecule has 0 bridgehead atoms. The first-order chi connectivity index (χ1) is 7.79. The molecule has 1 rings (SSSR count). The first-order valence-corrected chi connectivity index (χ1v) is 6.94. The van der Waals surface area contributed by atoms with E-state index in [0.29, 0.717) is 11.8 Å². The maximum atomic E-state index is 5.60. The van der Waals surface area contributed by atoms with Gasteiger partial charge in [-0.15, -0.1) is 0 Å². The van der Waals surface area contributed by atoms with Crippen molar-refractivity contribution in [3.05, 3.63) is 0 Å². The summed E-state index contributed by atoms with van der Waals surface area (Å²) in [7, 11) is 1.76. The van der Waals surface area contributed by atoms with Crippen molar-refractivity contribution in [3.63, 3.8) is 0 Å². The van der Waals surface area contributed by atoms with Gasteiger partial charge >= 0.3 is 0 Å². The van der Waals surface area contributed by atoms with E-state index in [-0.39, 0.29) is 6.29 Å². The highest BCUT2D eigenvalue weighted by Gasteiger charge is 2.33. The molecule has 2 heteroatoms. The molecule has 3 atom stereocenters. The molecule has 0 spiro atoms. The van der Waals surface area contributed by atoms with Gasteiger partial charge < -0.3 is 9.47 Å². The van der Waals surface area contributed by atoms with Crippen LogP contribution >= 0.6 is 0 Å². The molecular weight excluding hydrogens is 200 g/mol. The molecule has 1 aliphatic heterocycles. The molecule has 0 aromatic rings. The second-order valence-corrected chi connectivity index (χ2v) is 5.14. The Balaban J connectivity index is 2.06. The summed E-state index contributed by atoms with van der Waals surface area (Å²) in [6, 6.07) is 0. The van der Waals surface area contributed by atoms with Gasteiger partial charge in [-0.2, -0.15) is 0 Å². The first kappa shape index (κ1) is 14.0. The molecular formula is C14H28O2. The van der Waals surface area contributed by atoms with Crippen molar-refractivity contribution < 1.29 is 9.47 Å². The van der Waals surface area contributed by atoms with Crippen LogP contribution in [0.25, 0.3) is 0 Å². The first-order valence-electron chi connectivity index (χ1n) is 6.94. The fourth-order valence-corrected chi connectivity index (χ4v) is 2.59. The third kappa shape index (κ3) is 4.42. The Hall–Kier alpha value is -0.0800. The molecule has 1 fully saturated rings. The molecule has 16 heavy (non-hydrogen) atoms. The van der Waals surface area contributed by atoms with Crippen molar-refractivity contribution in [2.75, 3.05) is 13.7 Å². The Morgan fingerprint density at radius 3 is 2.50 bits per heavy atom. The van der Waals surface area contributed by atoms with E-state index in [1.807, 2.05) is 0 Å². The lowest BCUT2D eigenvalue weighted by atomic mass is 9.91. The van der Waals surface area contributed by atoms with Gasteiger partial charge in [0.1, 0.15) is 0 Å². The van der Waals surface area contributed by atoms with Crippen LogP contribution in [0.2, 0.25) is 0 Å². The molecule has 2 nitrogen and oxygen atoms in total. The van der Waals surface area contributed by atoms with E-state index in [9.17, 15) is 0 Å². The van der Waals surface area contributed by atoms with Crippen LogP contribution in [0.4, 0.5) is 0 Å². The highest BCUT2D eigenvalue weighted by molar-refractivity contribution is 4.75. The van der Waals surface area contributed by atoms with E-state index < -0.39 is 0 Å². The smallest absolute Gasteiger partial charge is 0.160 e. The summed E-state index contributed by atoms with van der Waals surface area (Å²) in [5.74, 6) is 1.29. The van der Waals surface area contributed by atoms with Crippen molar-refractivity contribution in [1.82, 2.24) is 0 Å². The van der Waals surface area contributed by atoms with Crippen LogP contribution in [0, 0.1) is 11.8 Å². The molecule has 0 N–H and O–H groups in total. The average Bonchev–Trinajstić information content (AvgIpc) is 2.65. The second-order valence-electron chi connectivity index (χ2n) is 5.14. The number of rotatable bonds is 8. The van der Waals surface area contributed by atoms with Gasteiger partial charge in [-0.1, -0.05) is 52.4 Å². The second kappa shape index (κ2) is 8.08. The van der Waals surface area contributed by atoms with Crippen molar-refractivity contribution in [2.45, 2.75) is 65.1 Å². The Kier molecular flexibility index (Phi) is 7.06. The van der Waals surface area contributed by atoms with Crippen LogP contribution in [0.15, 0.2) is 0 Å². The molecule has 1 saturated heterocycles. The van der Waals surface area contributed by atoms with E-state index in [2.05, 4.69) is 13.8 Å². The zero-order valence-electron chi connectivity index (χ0n) is 11.2. The molecule has 0 saturated carbocycles. The van der Waals surface area contributed by atoms with Crippen molar-refractivity contribution in [2.24, 2.45) is 11.8 Å². The van der Waals surface area contributed by atoms with E-state index in [0.717, 1.165) is 6.61 Å². The van der Waals surface area contributed by atoms with Gasteiger partial charge in [0.15, 0.2) is 6.29 Å². The van der Waals surface area contributed by atoms with E-state index in [1.54, 1.807) is 7.11 Å². The SMILES string of the molecule is CCCCCCCC[C@H]1C(OC)OC[C@@H]1C. The lowest BCUT2D eigenvalue weighted by Gasteiger charge is -2.19. The minimum absolute atomic E-state index is 0.0608. The van der Waals surface area contributed by atoms with Gasteiger partial charge in [0.25, 0.3) is 0 Å². The van der Waals surface area contributed by atoms with Gasteiger partial charge in [0.2, 0.25) is 0 Å². The van der Waals surface area contributed by atoms with E-state index >= 15 is 0 Å². The molecule has 0 aromatic carbocycles. The van der Waals surface area contributed by atoms with Crippen LogP contribution in [-0.2, 0) is 9.47 Å². The summed E-state index contributed by atoms with van der Waals surface area (Å²) >= 11 is 0. The Labute approximate surface area is 101 Å². The van der Waals surface area contributed by atoms with E-state index in [4.69, 9.17) is 9.47 Å². The maximum absolute atomic E-state index is 5.60. The fourth-order valence-electron chi connectivity index (χ4n) is 2.59. The Morgan fingerprint density at radius 1 is 1.12 bits per heavy atom. The zero-order valence-corrected chi connectivity index (χ0v) is 11.2. The van der Waals surface area contributed by atoms with Crippen molar-refractivity contribution >= 4 is 0 Å². The summed E-state index contributed by atoms with van der Waals surface area (Å²) in [4.78, 5) is 0. The van der Waals surface area contributed by atoms with Gasteiger partial charge in [0, 0.05) is 13.0 Å². The summed E-state index contributed by atoms with van der Waals surface area (Å²) in [6.07, 6.45) is 9.57. The number of hydrogen-bond acceptors (Lipinski definition) is 2. The highest BCUT2D eigenvalue weighted by atomic mass is 16.7. The third-order valence-corrected chi connectivity index (χ3v) is 3.73. The Bertz CT molecular complexity index is 170. The quantitative estimate of drug-likeness (QED) is 0.585. The van der Waals surface area contributed by atoms with Crippen LogP contribution < -0.4 is 0 Å². The molecule has 1 heterocycles. The van der Waals surface area contributed by atoms with Crippen LogP contribution in [-0.4, -0.2) is 20.0 Å². The number of methoxy groups -OCH3 is 1. The predicted octanol–water partition coefficient (Wildman–Crippen LogP) is 3.99. The minimum Gasteiger partial charge on any atom is -0.356 e. The van der Waals surface area contributed by atoms with Crippen molar-refractivity contribution in [3.8, 4) is 0 Å². The topological polar surface area (TPSA) is 18.5 Å². The van der Waals surface area contributed by atoms with Crippen LogP contribution in [0.1, 0.15) is 58.8 Å². The average molecular weight is 228 g/mol. The van der Waals surface area contributed by atoms with Gasteiger partial charge in [-0.05, 0) is 12.3 Å². The lowest BCUT2D eigenvalue weighted by Crippen LogP contribution is -2.21. The lowest BCUT2D eigenvalue weighted by molar-refractivity contribution is -0.111. The van der Waals surface area contributed by atoms with Gasteiger partial charge in [-0.3, -0.25) is 0 Å². The largest absolute Gasteiger partial charge is 0.356 e. The predicted molar refractivity (Wildman–Crippen MR) is 67.4 cm³/mol. The monoisotopic (exact) mass is 228 g/mol. The van der Waals surface area contributed by atoms with E-state index in [1.165, 1.54) is 44.9 Å². The molecule has 96 valence electrons. The number of ether oxygens (including phenoxy) is 2. The zero-order chi connectivity index (χ0) is 11.8. The molecule has 0 aromatic heterocycles. The fraction of sp³-hybridized carbons (Fsp3) is 1.00. The van der Waals surface area contributed by atoms with Crippen molar-refractivity contribution in [1.29, 1.82) is 0 Å². The molecule has 0 amide bonds. The summed E-state index contributed by atoms with van der Waals surface area (Å²) < 4.78 is 11.0. The minimum atomic E-state index is 0.0608. The van der Waals surface area contributed by atoms with Crippen LogP contribution in [0.3, 0.4) is 0 Å². The van der Waals surface area contributed by atoms with Crippen LogP contribution in [0.5, 0.6) is 0 Å². The molecule has 0 aliphatic carbocycles. The summed E-state index contributed by atoms with van der Waals surface area (Å²) in [5.41, 5.74) is 0. The number of unbranched alkanes of at least 4 members (excludes halogenated alkanes) is 5. The number of hydrogen-bond donors (Lipinski definition) is 0. The van der Waals surface area contributed by atoms with Gasteiger partial charge in [-0.25, -0.2) is 0 Å². The standard InChI is InChI=1S/C14H28O2/c1-4-5-6-7-8-9-10-13-12(2)11-16-14(13)15-3/h12-14H,4-11H2,1-3H3/t12-,13+,14?/m0/s1. The Morgan fingerprint density at radius 2 is 1.81 bits per heavy atom. The van der Waals surface area contributed by atoms with Gasteiger partial charge in [0.05, 0.1) is 6.61 Å². The molecule has 1 aliphatic rings. The molecule has 1 unspecified atom stereocenters. The molecule has 0 radical (unpaired) electrons. The normalized spacial score (nSPS) is 29.8. The third-order valence-electron chi connectivity index (χ3n) is 3.73. The summed E-state index contributed by atoms with van der Waals surface area (Å²) in [6.45, 7) is 5.42. The summed E-state index contributed by atoms with van der Waals surface area (Å²) in [5, 5.41) is 0.